The lowest BCUT2D eigenvalue weighted by molar-refractivity contribution is -0.138. The first-order chi connectivity index (χ1) is 13.7. The van der Waals surface area contributed by atoms with Gasteiger partial charge in [0.1, 0.15) is 0 Å². The maximum absolute atomic E-state index is 13.3. The minimum absolute atomic E-state index is 0.0105. The van der Waals surface area contributed by atoms with Crippen LogP contribution in [0.5, 0.6) is 0 Å². The molecule has 1 N–H and O–H groups in total. The number of carbonyl (C=O) groups excluding carboxylic acids is 2. The lowest BCUT2D eigenvalue weighted by atomic mass is 10.1. The van der Waals surface area contributed by atoms with E-state index in [4.69, 9.17) is 11.6 Å². The van der Waals surface area contributed by atoms with Crippen LogP contribution in [0.1, 0.15) is 16.7 Å². The molecule has 0 bridgehead atoms. The van der Waals surface area contributed by atoms with Crippen molar-refractivity contribution in [2.75, 3.05) is 0 Å². The van der Waals surface area contributed by atoms with Gasteiger partial charge >= 0.3 is 6.18 Å². The highest BCUT2D eigenvalue weighted by molar-refractivity contribution is 8.18. The van der Waals surface area contributed by atoms with Gasteiger partial charge in [0.05, 0.1) is 28.7 Å². The van der Waals surface area contributed by atoms with E-state index in [9.17, 15) is 22.8 Å². The number of rotatable bonds is 3. The molecule has 1 aromatic heterocycles. The number of imide groups is 1. The molecule has 5 nitrogen and oxygen atoms in total. The average Bonchev–Trinajstić information content (AvgIpc) is 3.18. The Hall–Kier alpha value is -2.78. The maximum atomic E-state index is 13.3. The maximum Gasteiger partial charge on any atom is 0.416 e. The van der Waals surface area contributed by atoms with E-state index >= 15 is 0 Å². The number of hydrogen-bond donors (Lipinski definition) is 1. The lowest BCUT2D eigenvalue weighted by Gasteiger charge is -2.14. The van der Waals surface area contributed by atoms with Gasteiger partial charge in [0, 0.05) is 10.4 Å². The molecule has 0 radical (unpaired) electrons. The number of thioether (sulfide) groups is 1. The van der Waals surface area contributed by atoms with E-state index in [0.29, 0.717) is 16.5 Å². The standard InChI is InChI=1S/C19H11ClF3N3O2S/c20-13-3-2-11(14(7-13)19(21,22)23)9-26-15-4-1-10(5-12(15)8-24-26)6-16-17(27)25-18(28)29-16/h1-8H,9H2,(H,25,27,28)/b16-6-. The Labute approximate surface area is 171 Å². The zero-order valence-corrected chi connectivity index (χ0v) is 16.0. The van der Waals surface area contributed by atoms with Crippen LogP contribution in [0.15, 0.2) is 47.5 Å². The summed E-state index contributed by atoms with van der Waals surface area (Å²) in [4.78, 5) is 23.2. The molecule has 4 rings (SSSR count). The topological polar surface area (TPSA) is 64.0 Å². The first kappa shape index (κ1) is 19.5. The Morgan fingerprint density at radius 3 is 2.66 bits per heavy atom. The second kappa shape index (κ2) is 7.23. The lowest BCUT2D eigenvalue weighted by Crippen LogP contribution is -2.17. The molecule has 29 heavy (non-hydrogen) atoms. The Bertz CT molecular complexity index is 1190. The van der Waals surface area contributed by atoms with Crippen molar-refractivity contribution in [3.8, 4) is 0 Å². The SMILES string of the molecule is O=C1NC(=O)/C(=C/c2ccc3c(cnn3Cc3ccc(Cl)cc3C(F)(F)F)c2)S1. The Morgan fingerprint density at radius 1 is 1.17 bits per heavy atom. The van der Waals surface area contributed by atoms with Gasteiger partial charge in [-0.3, -0.25) is 19.6 Å². The monoisotopic (exact) mass is 437 g/mol. The molecule has 2 heterocycles. The molecule has 0 aliphatic carbocycles. The molecule has 148 valence electrons. The van der Waals surface area contributed by atoms with Gasteiger partial charge < -0.3 is 0 Å². The van der Waals surface area contributed by atoms with Crippen molar-refractivity contribution in [1.29, 1.82) is 0 Å². The molecule has 2 aromatic carbocycles. The van der Waals surface area contributed by atoms with Gasteiger partial charge in [-0.15, -0.1) is 0 Å². The number of nitrogens with one attached hydrogen (secondary N) is 1. The van der Waals surface area contributed by atoms with Crippen molar-refractivity contribution in [2.24, 2.45) is 0 Å². The van der Waals surface area contributed by atoms with Crippen LogP contribution >= 0.6 is 23.4 Å². The molecular formula is C19H11ClF3N3O2S. The molecular weight excluding hydrogens is 427 g/mol. The summed E-state index contributed by atoms with van der Waals surface area (Å²) in [6.45, 7) is -0.0806. The number of amides is 2. The van der Waals surface area contributed by atoms with E-state index in [1.165, 1.54) is 23.0 Å². The first-order valence-corrected chi connectivity index (χ1v) is 9.46. The molecule has 0 unspecified atom stereocenters. The molecule has 0 atom stereocenters. The number of alkyl halides is 3. The van der Waals surface area contributed by atoms with Gasteiger partial charge in [-0.2, -0.15) is 18.3 Å². The van der Waals surface area contributed by atoms with Crippen LogP contribution in [-0.2, 0) is 17.5 Å². The third kappa shape index (κ3) is 4.01. The van der Waals surface area contributed by atoms with E-state index in [2.05, 4.69) is 10.4 Å². The van der Waals surface area contributed by atoms with Gasteiger partial charge in [0.15, 0.2) is 0 Å². The summed E-state index contributed by atoms with van der Waals surface area (Å²) in [6, 6.07) is 8.81. The zero-order valence-electron chi connectivity index (χ0n) is 14.5. The van der Waals surface area contributed by atoms with Crippen LogP contribution in [0.4, 0.5) is 18.0 Å². The highest BCUT2D eigenvalue weighted by Gasteiger charge is 2.33. The van der Waals surface area contributed by atoms with Crippen LogP contribution in [0, 0.1) is 0 Å². The van der Waals surface area contributed by atoms with Crippen molar-refractivity contribution in [1.82, 2.24) is 15.1 Å². The van der Waals surface area contributed by atoms with Crippen molar-refractivity contribution in [2.45, 2.75) is 12.7 Å². The molecule has 1 aliphatic heterocycles. The molecule has 0 spiro atoms. The summed E-state index contributed by atoms with van der Waals surface area (Å²) in [7, 11) is 0. The highest BCUT2D eigenvalue weighted by atomic mass is 35.5. The van der Waals surface area contributed by atoms with Crippen LogP contribution in [0.3, 0.4) is 0 Å². The van der Waals surface area contributed by atoms with Crippen molar-refractivity contribution >= 4 is 51.5 Å². The van der Waals surface area contributed by atoms with Gasteiger partial charge in [-0.05, 0) is 53.2 Å². The van der Waals surface area contributed by atoms with Crippen LogP contribution < -0.4 is 5.32 Å². The second-order valence-corrected chi connectivity index (χ2v) is 7.72. The van der Waals surface area contributed by atoms with Gasteiger partial charge in [-0.25, -0.2) is 0 Å². The third-order valence-corrected chi connectivity index (χ3v) is 5.35. The Kier molecular flexibility index (Phi) is 4.87. The number of fused-ring (bicyclic) bond motifs is 1. The fourth-order valence-corrected chi connectivity index (χ4v) is 3.86. The van der Waals surface area contributed by atoms with E-state index in [-0.39, 0.29) is 22.0 Å². The molecule has 1 aliphatic rings. The molecule has 1 fully saturated rings. The smallest absolute Gasteiger partial charge is 0.282 e. The predicted octanol–water partition coefficient (Wildman–Crippen LogP) is 5.08. The van der Waals surface area contributed by atoms with E-state index in [1.54, 1.807) is 24.3 Å². The number of hydrogen-bond acceptors (Lipinski definition) is 4. The van der Waals surface area contributed by atoms with Crippen LogP contribution in [0.2, 0.25) is 5.02 Å². The Morgan fingerprint density at radius 2 is 1.97 bits per heavy atom. The molecule has 3 aromatic rings. The first-order valence-electron chi connectivity index (χ1n) is 8.27. The molecule has 1 saturated heterocycles. The second-order valence-electron chi connectivity index (χ2n) is 6.27. The van der Waals surface area contributed by atoms with Gasteiger partial charge in [0.2, 0.25) is 0 Å². The van der Waals surface area contributed by atoms with Crippen molar-refractivity contribution in [3.05, 3.63) is 69.2 Å². The van der Waals surface area contributed by atoms with E-state index in [0.717, 1.165) is 17.8 Å². The third-order valence-electron chi connectivity index (χ3n) is 4.30. The minimum Gasteiger partial charge on any atom is -0.282 e. The quantitative estimate of drug-likeness (QED) is 0.580. The van der Waals surface area contributed by atoms with Crippen molar-refractivity contribution < 1.29 is 22.8 Å². The van der Waals surface area contributed by atoms with Crippen molar-refractivity contribution in [3.63, 3.8) is 0 Å². The highest BCUT2D eigenvalue weighted by Crippen LogP contribution is 2.34. The molecule has 10 heteroatoms. The summed E-state index contributed by atoms with van der Waals surface area (Å²) < 4.78 is 41.4. The summed E-state index contributed by atoms with van der Waals surface area (Å²) in [5, 5.41) is 6.64. The fourth-order valence-electron chi connectivity index (χ4n) is 3.01. The van der Waals surface area contributed by atoms with E-state index < -0.39 is 22.9 Å². The normalized spacial score (nSPS) is 16.1. The average molecular weight is 438 g/mol. The summed E-state index contributed by atoms with van der Waals surface area (Å²) in [5.41, 5.74) is 0.557. The zero-order chi connectivity index (χ0) is 20.8. The number of nitrogens with zero attached hydrogens (tertiary/aromatic N) is 2. The minimum atomic E-state index is -4.53. The number of aromatic nitrogens is 2. The molecule has 0 saturated carbocycles. The summed E-state index contributed by atoms with van der Waals surface area (Å²) in [5.74, 6) is -0.460. The van der Waals surface area contributed by atoms with Crippen LogP contribution in [0.25, 0.3) is 17.0 Å². The largest absolute Gasteiger partial charge is 0.416 e. The summed E-state index contributed by atoms with van der Waals surface area (Å²) >= 11 is 6.54. The summed E-state index contributed by atoms with van der Waals surface area (Å²) in [6.07, 6.45) is -1.42. The van der Waals surface area contributed by atoms with Crippen LogP contribution in [-0.4, -0.2) is 20.9 Å². The van der Waals surface area contributed by atoms with E-state index in [1.807, 2.05) is 0 Å². The number of halogens is 4. The van der Waals surface area contributed by atoms with Gasteiger partial charge in [-0.1, -0.05) is 23.7 Å². The number of benzene rings is 2. The number of carbonyl (C=O) groups is 2. The fraction of sp³-hybridized carbons (Fsp3) is 0.105. The molecule has 2 amide bonds. The predicted molar refractivity (Wildman–Crippen MR) is 104 cm³/mol. The Balaban J connectivity index is 1.67. The van der Waals surface area contributed by atoms with Gasteiger partial charge in [0.25, 0.3) is 11.1 Å².